The van der Waals surface area contributed by atoms with Crippen LogP contribution >= 0.6 is 0 Å². The number of rotatable bonds is 5. The zero-order valence-electron chi connectivity index (χ0n) is 11.5. The molecule has 0 heterocycles. The second-order valence-corrected chi connectivity index (χ2v) is 4.99. The summed E-state index contributed by atoms with van der Waals surface area (Å²) in [4.78, 5) is 0. The highest BCUT2D eigenvalue weighted by molar-refractivity contribution is 5.36. The summed E-state index contributed by atoms with van der Waals surface area (Å²) in [6.45, 7) is 2.08. The van der Waals surface area contributed by atoms with Crippen LogP contribution in [0.1, 0.15) is 24.5 Å². The second-order valence-electron chi connectivity index (χ2n) is 4.99. The first-order valence-electron chi connectivity index (χ1n) is 6.67. The van der Waals surface area contributed by atoms with Gasteiger partial charge < -0.3 is 10.4 Å². The van der Waals surface area contributed by atoms with Crippen molar-refractivity contribution in [2.75, 3.05) is 7.05 Å². The maximum absolute atomic E-state index is 11.2. The van der Waals surface area contributed by atoms with Crippen molar-refractivity contribution < 1.29 is 5.11 Å². The fourth-order valence-electron chi connectivity index (χ4n) is 2.38. The highest BCUT2D eigenvalue weighted by Gasteiger charge is 2.32. The fraction of sp³-hybridized carbons (Fsp3) is 0.294. The normalized spacial score (nSPS) is 13.2. The van der Waals surface area contributed by atoms with Gasteiger partial charge in [0.1, 0.15) is 5.60 Å². The van der Waals surface area contributed by atoms with Gasteiger partial charge in [0.2, 0.25) is 0 Å². The average molecular weight is 255 g/mol. The van der Waals surface area contributed by atoms with Gasteiger partial charge in [0.05, 0.1) is 0 Å². The Morgan fingerprint density at radius 2 is 1.37 bits per heavy atom. The topological polar surface area (TPSA) is 32.3 Å². The lowest BCUT2D eigenvalue weighted by molar-refractivity contribution is 0.0619. The van der Waals surface area contributed by atoms with E-state index in [4.69, 9.17) is 0 Å². The molecule has 0 unspecified atom stereocenters. The third-order valence-corrected chi connectivity index (χ3v) is 3.60. The van der Waals surface area contributed by atoms with Gasteiger partial charge in [-0.15, -0.1) is 0 Å². The molecule has 2 nitrogen and oxygen atoms in total. The zero-order chi connectivity index (χ0) is 13.7. The van der Waals surface area contributed by atoms with E-state index in [1.165, 1.54) is 0 Å². The van der Waals surface area contributed by atoms with E-state index in [2.05, 4.69) is 12.2 Å². The van der Waals surface area contributed by atoms with Crippen molar-refractivity contribution in [3.05, 3.63) is 71.8 Å². The summed E-state index contributed by atoms with van der Waals surface area (Å²) in [6.07, 6.45) is 0.636. The third kappa shape index (κ3) is 3.03. The molecule has 2 N–H and O–H groups in total. The van der Waals surface area contributed by atoms with Crippen LogP contribution in [0.3, 0.4) is 0 Å². The lowest BCUT2D eigenvalue weighted by Gasteiger charge is -2.32. The molecule has 0 saturated carbocycles. The Morgan fingerprint density at radius 3 is 1.74 bits per heavy atom. The fourth-order valence-corrected chi connectivity index (χ4v) is 2.38. The first kappa shape index (κ1) is 13.8. The molecule has 2 aromatic rings. The molecule has 0 aromatic heterocycles. The van der Waals surface area contributed by atoms with E-state index in [-0.39, 0.29) is 6.04 Å². The van der Waals surface area contributed by atoms with Gasteiger partial charge in [-0.25, -0.2) is 0 Å². The standard InChI is InChI=1S/C17H21NO/c1-14(18-2)13-17(19,15-9-5-3-6-10-15)16-11-7-4-8-12-16/h3-12,14,18-19H,13H2,1-2H3/t14-/m0/s1. The molecule has 0 aliphatic heterocycles. The summed E-state index contributed by atoms with van der Waals surface area (Å²) in [5.74, 6) is 0. The van der Waals surface area contributed by atoms with Gasteiger partial charge in [0.15, 0.2) is 0 Å². The summed E-state index contributed by atoms with van der Waals surface area (Å²) in [7, 11) is 1.92. The van der Waals surface area contributed by atoms with Crippen LogP contribution in [-0.2, 0) is 5.60 Å². The van der Waals surface area contributed by atoms with Gasteiger partial charge in [0.25, 0.3) is 0 Å². The molecule has 0 aliphatic rings. The first-order chi connectivity index (χ1) is 9.16. The van der Waals surface area contributed by atoms with E-state index in [1.54, 1.807) is 0 Å². The third-order valence-electron chi connectivity index (χ3n) is 3.60. The molecule has 100 valence electrons. The molecule has 2 rings (SSSR count). The molecule has 0 aliphatic carbocycles. The van der Waals surface area contributed by atoms with Crippen LogP contribution in [-0.4, -0.2) is 18.2 Å². The predicted molar refractivity (Wildman–Crippen MR) is 79.0 cm³/mol. The Bertz CT molecular complexity index is 456. The quantitative estimate of drug-likeness (QED) is 0.861. The van der Waals surface area contributed by atoms with Gasteiger partial charge in [0, 0.05) is 6.04 Å². The van der Waals surface area contributed by atoms with Crippen LogP contribution in [0.15, 0.2) is 60.7 Å². The largest absolute Gasteiger partial charge is 0.380 e. The number of hydrogen-bond donors (Lipinski definition) is 2. The van der Waals surface area contributed by atoms with E-state index in [0.29, 0.717) is 6.42 Å². The molecule has 0 fully saturated rings. The Kier molecular flexibility index (Phi) is 4.35. The van der Waals surface area contributed by atoms with E-state index in [9.17, 15) is 5.11 Å². The number of hydrogen-bond acceptors (Lipinski definition) is 2. The summed E-state index contributed by atoms with van der Waals surface area (Å²) < 4.78 is 0. The SMILES string of the molecule is CN[C@@H](C)CC(O)(c1ccccc1)c1ccccc1. The molecular formula is C17H21NO. The Balaban J connectivity index is 2.44. The Hall–Kier alpha value is -1.64. The summed E-state index contributed by atoms with van der Waals surface area (Å²) in [5, 5.41) is 14.4. The summed E-state index contributed by atoms with van der Waals surface area (Å²) in [5.41, 5.74) is 0.914. The van der Waals surface area contributed by atoms with E-state index in [1.807, 2.05) is 67.7 Å². The smallest absolute Gasteiger partial charge is 0.116 e. The van der Waals surface area contributed by atoms with Crippen LogP contribution in [0, 0.1) is 0 Å². The van der Waals surface area contributed by atoms with Crippen molar-refractivity contribution >= 4 is 0 Å². The molecule has 0 amide bonds. The number of aliphatic hydroxyl groups is 1. The van der Waals surface area contributed by atoms with E-state index >= 15 is 0 Å². The van der Waals surface area contributed by atoms with E-state index < -0.39 is 5.60 Å². The van der Waals surface area contributed by atoms with Gasteiger partial charge >= 0.3 is 0 Å². The Labute approximate surface area is 115 Å². The van der Waals surface area contributed by atoms with Crippen molar-refractivity contribution in [1.29, 1.82) is 0 Å². The maximum Gasteiger partial charge on any atom is 0.116 e. The molecule has 1 atom stereocenters. The molecule has 0 bridgehead atoms. The van der Waals surface area contributed by atoms with Gasteiger partial charge in [-0.1, -0.05) is 60.7 Å². The zero-order valence-corrected chi connectivity index (χ0v) is 11.5. The van der Waals surface area contributed by atoms with Crippen molar-refractivity contribution in [3.8, 4) is 0 Å². The van der Waals surface area contributed by atoms with Crippen molar-refractivity contribution in [1.82, 2.24) is 5.32 Å². The monoisotopic (exact) mass is 255 g/mol. The minimum absolute atomic E-state index is 0.227. The van der Waals surface area contributed by atoms with Crippen LogP contribution < -0.4 is 5.32 Å². The number of benzene rings is 2. The van der Waals surface area contributed by atoms with Gasteiger partial charge in [-0.3, -0.25) is 0 Å². The lowest BCUT2D eigenvalue weighted by Crippen LogP contribution is -2.36. The van der Waals surface area contributed by atoms with E-state index in [0.717, 1.165) is 11.1 Å². The highest BCUT2D eigenvalue weighted by Crippen LogP contribution is 2.33. The molecular weight excluding hydrogens is 234 g/mol. The van der Waals surface area contributed by atoms with Crippen LogP contribution in [0.5, 0.6) is 0 Å². The average Bonchev–Trinajstić information content (AvgIpc) is 2.48. The molecule has 0 saturated heterocycles. The lowest BCUT2D eigenvalue weighted by atomic mass is 9.81. The maximum atomic E-state index is 11.2. The van der Waals surface area contributed by atoms with Gasteiger partial charge in [-0.2, -0.15) is 0 Å². The minimum Gasteiger partial charge on any atom is -0.380 e. The van der Waals surface area contributed by atoms with Crippen molar-refractivity contribution in [2.45, 2.75) is 25.0 Å². The van der Waals surface area contributed by atoms with Crippen LogP contribution in [0.4, 0.5) is 0 Å². The number of nitrogens with one attached hydrogen (secondary N) is 1. The minimum atomic E-state index is -0.953. The summed E-state index contributed by atoms with van der Waals surface area (Å²) in [6, 6.07) is 20.0. The second kappa shape index (κ2) is 6.00. The highest BCUT2D eigenvalue weighted by atomic mass is 16.3. The van der Waals surface area contributed by atoms with Crippen molar-refractivity contribution in [2.24, 2.45) is 0 Å². The molecule has 0 spiro atoms. The van der Waals surface area contributed by atoms with Crippen molar-refractivity contribution in [3.63, 3.8) is 0 Å². The van der Waals surface area contributed by atoms with Crippen LogP contribution in [0.2, 0.25) is 0 Å². The predicted octanol–water partition coefficient (Wildman–Crippen LogP) is 2.92. The molecule has 0 radical (unpaired) electrons. The molecule has 19 heavy (non-hydrogen) atoms. The molecule has 2 aromatic carbocycles. The first-order valence-corrected chi connectivity index (χ1v) is 6.67. The Morgan fingerprint density at radius 1 is 0.947 bits per heavy atom. The molecule has 2 heteroatoms. The summed E-state index contributed by atoms with van der Waals surface area (Å²) >= 11 is 0. The van der Waals surface area contributed by atoms with Crippen LogP contribution in [0.25, 0.3) is 0 Å². The van der Waals surface area contributed by atoms with Gasteiger partial charge in [-0.05, 0) is 31.5 Å².